The van der Waals surface area contributed by atoms with Crippen molar-refractivity contribution < 1.29 is 0 Å². The van der Waals surface area contributed by atoms with E-state index in [4.69, 9.17) is 5.26 Å². The normalized spacial score (nSPS) is 12.5. The third kappa shape index (κ3) is 9.98. The van der Waals surface area contributed by atoms with Gasteiger partial charge in [0.1, 0.15) is 0 Å². The van der Waals surface area contributed by atoms with Crippen LogP contribution in [0, 0.1) is 22.2 Å². The Morgan fingerprint density at radius 2 is 1.56 bits per heavy atom. The average Bonchev–Trinajstić information content (AvgIpc) is 2.14. The number of hydrogen-bond donors (Lipinski definition) is 1. The van der Waals surface area contributed by atoms with Crippen molar-refractivity contribution in [2.24, 2.45) is 10.8 Å². The number of hydrogen-bond acceptors (Lipinski definition) is 2. The van der Waals surface area contributed by atoms with E-state index in [-0.39, 0.29) is 5.41 Å². The van der Waals surface area contributed by atoms with Crippen LogP contribution in [0.4, 0.5) is 0 Å². The predicted octanol–water partition coefficient (Wildman–Crippen LogP) is 3.73. The molecular formula is C14H28N2. The summed E-state index contributed by atoms with van der Waals surface area (Å²) in [6.07, 6.45) is 4.54. The van der Waals surface area contributed by atoms with Crippen LogP contribution < -0.4 is 5.32 Å². The minimum atomic E-state index is -0.147. The van der Waals surface area contributed by atoms with Gasteiger partial charge in [-0.15, -0.1) is 0 Å². The zero-order chi connectivity index (χ0) is 12.7. The maximum atomic E-state index is 8.86. The lowest BCUT2D eigenvalue weighted by atomic mass is 9.89. The lowest BCUT2D eigenvalue weighted by Crippen LogP contribution is -2.21. The molecule has 0 aromatic carbocycles. The van der Waals surface area contributed by atoms with Gasteiger partial charge in [0.25, 0.3) is 0 Å². The quantitative estimate of drug-likeness (QED) is 0.669. The lowest BCUT2D eigenvalue weighted by molar-refractivity contribution is 0.363. The summed E-state index contributed by atoms with van der Waals surface area (Å²) in [7, 11) is 0. The summed E-state index contributed by atoms with van der Waals surface area (Å²) in [5, 5.41) is 12.3. The van der Waals surface area contributed by atoms with E-state index < -0.39 is 0 Å². The number of nitrogens with one attached hydrogen (secondary N) is 1. The van der Waals surface area contributed by atoms with Crippen molar-refractivity contribution in [1.82, 2.24) is 5.32 Å². The third-order valence-corrected chi connectivity index (χ3v) is 2.76. The summed E-state index contributed by atoms with van der Waals surface area (Å²) >= 11 is 0. The Bertz CT molecular complexity index is 218. The molecule has 0 saturated heterocycles. The Labute approximate surface area is 101 Å². The molecule has 0 aromatic rings. The van der Waals surface area contributed by atoms with Crippen LogP contribution in [0.2, 0.25) is 0 Å². The largest absolute Gasteiger partial charge is 0.317 e. The molecule has 0 aliphatic heterocycles. The molecule has 0 fully saturated rings. The van der Waals surface area contributed by atoms with E-state index in [9.17, 15) is 0 Å². The predicted molar refractivity (Wildman–Crippen MR) is 70.2 cm³/mol. The van der Waals surface area contributed by atoms with Gasteiger partial charge in [0, 0.05) is 0 Å². The zero-order valence-electron chi connectivity index (χ0n) is 11.7. The fraction of sp³-hybridized carbons (Fsp3) is 0.929. The van der Waals surface area contributed by atoms with Gasteiger partial charge in [-0.25, -0.2) is 0 Å². The highest BCUT2D eigenvalue weighted by molar-refractivity contribution is 4.91. The molecule has 2 heteroatoms. The first-order valence-corrected chi connectivity index (χ1v) is 6.39. The summed E-state index contributed by atoms with van der Waals surface area (Å²) in [6, 6.07) is 2.34. The van der Waals surface area contributed by atoms with Crippen LogP contribution in [0.1, 0.15) is 60.3 Å². The van der Waals surface area contributed by atoms with E-state index in [2.05, 4.69) is 32.2 Å². The zero-order valence-corrected chi connectivity index (χ0v) is 11.7. The van der Waals surface area contributed by atoms with Crippen molar-refractivity contribution in [2.45, 2.75) is 60.3 Å². The number of rotatable bonds is 7. The van der Waals surface area contributed by atoms with Crippen LogP contribution in [0.25, 0.3) is 0 Å². The molecule has 0 heterocycles. The van der Waals surface area contributed by atoms with E-state index >= 15 is 0 Å². The SMILES string of the molecule is CC(C)(C)CCNCCCCC(C)(C)C#N. The highest BCUT2D eigenvalue weighted by Crippen LogP contribution is 2.21. The van der Waals surface area contributed by atoms with E-state index in [1.807, 2.05) is 13.8 Å². The van der Waals surface area contributed by atoms with E-state index in [0.29, 0.717) is 5.41 Å². The Morgan fingerprint density at radius 3 is 2.06 bits per heavy atom. The lowest BCUT2D eigenvalue weighted by Gasteiger charge is -2.18. The van der Waals surface area contributed by atoms with E-state index in [0.717, 1.165) is 25.9 Å². The minimum absolute atomic E-state index is 0.147. The van der Waals surface area contributed by atoms with Gasteiger partial charge >= 0.3 is 0 Å². The molecule has 0 spiro atoms. The molecular weight excluding hydrogens is 196 g/mol. The van der Waals surface area contributed by atoms with Gasteiger partial charge in [0.05, 0.1) is 11.5 Å². The molecule has 0 bridgehead atoms. The highest BCUT2D eigenvalue weighted by atomic mass is 14.8. The second kappa shape index (κ2) is 6.91. The first-order valence-electron chi connectivity index (χ1n) is 6.39. The molecule has 0 atom stereocenters. The molecule has 1 N–H and O–H groups in total. The molecule has 0 aliphatic carbocycles. The Hall–Kier alpha value is -0.550. The van der Waals surface area contributed by atoms with Crippen molar-refractivity contribution in [3.05, 3.63) is 0 Å². The van der Waals surface area contributed by atoms with E-state index in [1.165, 1.54) is 12.8 Å². The van der Waals surface area contributed by atoms with Crippen LogP contribution >= 0.6 is 0 Å². The number of nitriles is 1. The Morgan fingerprint density at radius 1 is 0.938 bits per heavy atom. The van der Waals surface area contributed by atoms with Crippen molar-refractivity contribution in [1.29, 1.82) is 5.26 Å². The van der Waals surface area contributed by atoms with Crippen molar-refractivity contribution in [2.75, 3.05) is 13.1 Å². The first-order chi connectivity index (χ1) is 7.27. The molecule has 0 radical (unpaired) electrons. The topological polar surface area (TPSA) is 35.8 Å². The fourth-order valence-electron chi connectivity index (χ4n) is 1.46. The van der Waals surface area contributed by atoms with Gasteiger partial charge in [0.2, 0.25) is 0 Å². The molecule has 0 aromatic heterocycles. The van der Waals surface area contributed by atoms with Gasteiger partial charge < -0.3 is 5.32 Å². The summed E-state index contributed by atoms with van der Waals surface area (Å²) in [4.78, 5) is 0. The van der Waals surface area contributed by atoms with Gasteiger partial charge in [-0.05, 0) is 51.6 Å². The minimum Gasteiger partial charge on any atom is -0.317 e. The van der Waals surface area contributed by atoms with Gasteiger partial charge in [0.15, 0.2) is 0 Å². The summed E-state index contributed by atoms with van der Waals surface area (Å²) in [5.74, 6) is 0. The molecule has 0 amide bonds. The second-order valence-electron chi connectivity index (χ2n) is 6.51. The van der Waals surface area contributed by atoms with Gasteiger partial charge in [-0.1, -0.05) is 27.2 Å². The first kappa shape index (κ1) is 15.4. The maximum Gasteiger partial charge on any atom is 0.0683 e. The molecule has 2 nitrogen and oxygen atoms in total. The molecule has 16 heavy (non-hydrogen) atoms. The number of nitrogens with zero attached hydrogens (tertiary/aromatic N) is 1. The monoisotopic (exact) mass is 224 g/mol. The van der Waals surface area contributed by atoms with Crippen LogP contribution in [0.3, 0.4) is 0 Å². The van der Waals surface area contributed by atoms with E-state index in [1.54, 1.807) is 0 Å². The van der Waals surface area contributed by atoms with Crippen molar-refractivity contribution in [3.63, 3.8) is 0 Å². The molecule has 0 unspecified atom stereocenters. The van der Waals surface area contributed by atoms with Crippen molar-refractivity contribution >= 4 is 0 Å². The second-order valence-corrected chi connectivity index (χ2v) is 6.51. The average molecular weight is 224 g/mol. The third-order valence-electron chi connectivity index (χ3n) is 2.76. The van der Waals surface area contributed by atoms with Gasteiger partial charge in [-0.3, -0.25) is 0 Å². The van der Waals surface area contributed by atoms with Crippen molar-refractivity contribution in [3.8, 4) is 6.07 Å². The Kier molecular flexibility index (Phi) is 6.67. The number of unbranched alkanes of at least 4 members (excludes halogenated alkanes) is 1. The molecule has 0 rings (SSSR count). The molecule has 0 aliphatic rings. The Balaban J connectivity index is 3.33. The van der Waals surface area contributed by atoms with Crippen LogP contribution in [-0.2, 0) is 0 Å². The fourth-order valence-corrected chi connectivity index (χ4v) is 1.46. The van der Waals surface area contributed by atoms with Crippen LogP contribution in [0.15, 0.2) is 0 Å². The molecule has 94 valence electrons. The summed E-state index contributed by atoms with van der Waals surface area (Å²) in [5.41, 5.74) is 0.279. The molecule has 0 saturated carbocycles. The maximum absolute atomic E-state index is 8.86. The highest BCUT2D eigenvalue weighted by Gasteiger charge is 2.15. The standard InChI is InChI=1S/C14H28N2/c1-13(2,3)9-11-16-10-7-6-8-14(4,5)12-15/h16H,6-11H2,1-5H3. The smallest absolute Gasteiger partial charge is 0.0683 e. The van der Waals surface area contributed by atoms with Gasteiger partial charge in [-0.2, -0.15) is 5.26 Å². The van der Waals surface area contributed by atoms with Crippen LogP contribution in [0.5, 0.6) is 0 Å². The summed E-state index contributed by atoms with van der Waals surface area (Å²) < 4.78 is 0. The van der Waals surface area contributed by atoms with Crippen LogP contribution in [-0.4, -0.2) is 13.1 Å². The summed E-state index contributed by atoms with van der Waals surface area (Å²) in [6.45, 7) is 13.0.